The van der Waals surface area contributed by atoms with Gasteiger partial charge in [-0.05, 0) is 36.9 Å². The number of ether oxygens (including phenoxy) is 1. The molecule has 26 heavy (non-hydrogen) atoms. The lowest BCUT2D eigenvalue weighted by molar-refractivity contribution is 0.296. The Morgan fingerprint density at radius 2 is 1.69 bits per heavy atom. The van der Waals surface area contributed by atoms with E-state index >= 15 is 0 Å². The van der Waals surface area contributed by atoms with Crippen LogP contribution in [0.15, 0.2) is 48.5 Å². The van der Waals surface area contributed by atoms with E-state index in [4.69, 9.17) is 16.3 Å². The van der Waals surface area contributed by atoms with Crippen LogP contribution in [0.1, 0.15) is 25.0 Å². The highest BCUT2D eigenvalue weighted by Crippen LogP contribution is 2.23. The average Bonchev–Trinajstić information content (AvgIpc) is 2.62. The summed E-state index contributed by atoms with van der Waals surface area (Å²) in [7, 11) is 0. The number of nitrogens with one attached hydrogen (secondary N) is 1. The minimum absolute atomic E-state index is 0. The Balaban J connectivity index is 0.00000312. The lowest BCUT2D eigenvalue weighted by atomic mass is 10.2. The Labute approximate surface area is 174 Å². The molecular formula is C20H29Cl3N2O. The molecule has 2 aromatic rings. The third-order valence-electron chi connectivity index (χ3n) is 4.07. The summed E-state index contributed by atoms with van der Waals surface area (Å²) in [6.07, 6.45) is 0. The molecule has 1 N–H and O–H groups in total. The zero-order valence-electron chi connectivity index (χ0n) is 15.4. The maximum absolute atomic E-state index is 6.15. The molecule has 0 amide bonds. The molecule has 0 radical (unpaired) electrons. The molecule has 0 aliphatic rings. The minimum Gasteiger partial charge on any atom is -0.489 e. The summed E-state index contributed by atoms with van der Waals surface area (Å²) in [6.45, 7) is 9.87. The quantitative estimate of drug-likeness (QED) is 0.536. The van der Waals surface area contributed by atoms with Crippen LogP contribution in [0.3, 0.4) is 0 Å². The Bertz CT molecular complexity index is 607. The van der Waals surface area contributed by atoms with Crippen LogP contribution in [-0.2, 0) is 13.2 Å². The molecule has 0 heterocycles. The van der Waals surface area contributed by atoms with Gasteiger partial charge in [0.05, 0.1) is 0 Å². The molecule has 0 bridgehead atoms. The van der Waals surface area contributed by atoms with Crippen LogP contribution in [0.25, 0.3) is 0 Å². The summed E-state index contributed by atoms with van der Waals surface area (Å²) in [5.41, 5.74) is 2.26. The van der Waals surface area contributed by atoms with Gasteiger partial charge in [-0.2, -0.15) is 0 Å². The van der Waals surface area contributed by atoms with Crippen molar-refractivity contribution in [3.63, 3.8) is 0 Å². The van der Waals surface area contributed by atoms with E-state index in [0.717, 1.165) is 54.6 Å². The van der Waals surface area contributed by atoms with Gasteiger partial charge in [-0.25, -0.2) is 0 Å². The summed E-state index contributed by atoms with van der Waals surface area (Å²) in [5, 5.41) is 4.22. The molecule has 0 aliphatic heterocycles. The van der Waals surface area contributed by atoms with Gasteiger partial charge in [-0.3, -0.25) is 0 Å². The largest absolute Gasteiger partial charge is 0.489 e. The van der Waals surface area contributed by atoms with E-state index in [9.17, 15) is 0 Å². The van der Waals surface area contributed by atoms with E-state index in [-0.39, 0.29) is 24.8 Å². The monoisotopic (exact) mass is 418 g/mol. The van der Waals surface area contributed by atoms with E-state index in [0.29, 0.717) is 6.61 Å². The van der Waals surface area contributed by atoms with Crippen LogP contribution in [0.4, 0.5) is 0 Å². The number of rotatable bonds is 10. The molecule has 0 spiro atoms. The van der Waals surface area contributed by atoms with E-state index in [1.807, 2.05) is 36.4 Å². The number of halogens is 3. The van der Waals surface area contributed by atoms with Crippen LogP contribution in [-0.4, -0.2) is 31.1 Å². The first-order valence-corrected chi connectivity index (χ1v) is 8.99. The third-order valence-corrected chi connectivity index (χ3v) is 4.31. The maximum atomic E-state index is 6.15. The topological polar surface area (TPSA) is 24.5 Å². The van der Waals surface area contributed by atoms with E-state index in [1.165, 1.54) is 0 Å². The Kier molecular flexibility index (Phi) is 13.6. The first-order valence-electron chi connectivity index (χ1n) is 8.61. The summed E-state index contributed by atoms with van der Waals surface area (Å²) in [5.74, 6) is 0.888. The Morgan fingerprint density at radius 3 is 2.35 bits per heavy atom. The molecule has 0 atom stereocenters. The predicted molar refractivity (Wildman–Crippen MR) is 116 cm³/mol. The van der Waals surface area contributed by atoms with E-state index in [1.54, 1.807) is 0 Å². The molecule has 2 rings (SSSR count). The second-order valence-corrected chi connectivity index (χ2v) is 6.17. The van der Waals surface area contributed by atoms with Gasteiger partial charge in [-0.1, -0.05) is 55.8 Å². The highest BCUT2D eigenvalue weighted by Gasteiger charge is 2.06. The van der Waals surface area contributed by atoms with Gasteiger partial charge in [0, 0.05) is 30.2 Å². The predicted octanol–water partition coefficient (Wildman–Crippen LogP) is 5.19. The van der Waals surface area contributed by atoms with Crippen LogP contribution in [0.5, 0.6) is 5.75 Å². The molecule has 2 aromatic carbocycles. The third kappa shape index (κ3) is 8.61. The van der Waals surface area contributed by atoms with Gasteiger partial charge >= 0.3 is 0 Å². The van der Waals surface area contributed by atoms with Crippen LogP contribution in [0.2, 0.25) is 5.02 Å². The van der Waals surface area contributed by atoms with Crippen molar-refractivity contribution in [2.45, 2.75) is 27.0 Å². The lowest BCUT2D eigenvalue weighted by Crippen LogP contribution is -2.31. The molecule has 3 nitrogen and oxygen atoms in total. The van der Waals surface area contributed by atoms with Crippen molar-refractivity contribution < 1.29 is 4.74 Å². The summed E-state index contributed by atoms with van der Waals surface area (Å²) >= 11 is 6.15. The fraction of sp³-hybridized carbons (Fsp3) is 0.400. The first kappa shape index (κ1) is 25.0. The SMILES string of the molecule is CCN(CC)CCNCc1cc(Cl)ccc1OCc1ccccc1.Cl.Cl. The van der Waals surface area contributed by atoms with Crippen LogP contribution in [0, 0.1) is 0 Å². The smallest absolute Gasteiger partial charge is 0.124 e. The molecule has 0 saturated carbocycles. The molecule has 0 unspecified atom stereocenters. The summed E-state index contributed by atoms with van der Waals surface area (Å²) in [6, 6.07) is 16.0. The van der Waals surface area contributed by atoms with E-state index in [2.05, 4.69) is 36.2 Å². The van der Waals surface area contributed by atoms with Crippen molar-refractivity contribution in [2.24, 2.45) is 0 Å². The van der Waals surface area contributed by atoms with Crippen molar-refractivity contribution in [1.82, 2.24) is 10.2 Å². The molecule has 0 aromatic heterocycles. The second kappa shape index (κ2) is 14.1. The van der Waals surface area contributed by atoms with Gasteiger partial charge in [0.25, 0.3) is 0 Å². The highest BCUT2D eigenvalue weighted by molar-refractivity contribution is 6.30. The average molecular weight is 420 g/mol. The van der Waals surface area contributed by atoms with Crippen molar-refractivity contribution in [3.8, 4) is 5.75 Å². The van der Waals surface area contributed by atoms with Gasteiger partial charge in [0.2, 0.25) is 0 Å². The van der Waals surface area contributed by atoms with Crippen molar-refractivity contribution in [2.75, 3.05) is 26.2 Å². The fourth-order valence-corrected chi connectivity index (χ4v) is 2.76. The van der Waals surface area contributed by atoms with Crippen LogP contribution >= 0.6 is 36.4 Å². The molecule has 6 heteroatoms. The number of hydrogen-bond donors (Lipinski definition) is 1. The molecule has 0 fully saturated rings. The Hall–Kier alpha value is -0.970. The van der Waals surface area contributed by atoms with Gasteiger partial charge in [0.15, 0.2) is 0 Å². The standard InChI is InChI=1S/C20H27ClN2O.2ClH/c1-3-23(4-2)13-12-22-15-18-14-19(21)10-11-20(18)24-16-17-8-6-5-7-9-17;;/h5-11,14,22H,3-4,12-13,15-16H2,1-2H3;2*1H. The lowest BCUT2D eigenvalue weighted by Gasteiger charge is -2.18. The molecule has 146 valence electrons. The first-order chi connectivity index (χ1) is 11.7. The summed E-state index contributed by atoms with van der Waals surface area (Å²) in [4.78, 5) is 2.40. The zero-order valence-corrected chi connectivity index (χ0v) is 17.8. The molecular weight excluding hydrogens is 391 g/mol. The fourth-order valence-electron chi connectivity index (χ4n) is 2.56. The van der Waals surface area contributed by atoms with Gasteiger partial charge < -0.3 is 15.0 Å². The number of benzene rings is 2. The van der Waals surface area contributed by atoms with Crippen molar-refractivity contribution in [3.05, 3.63) is 64.7 Å². The number of nitrogens with zero attached hydrogens (tertiary/aromatic N) is 1. The van der Waals surface area contributed by atoms with E-state index < -0.39 is 0 Å². The Morgan fingerprint density at radius 1 is 1.00 bits per heavy atom. The number of likely N-dealkylation sites (N-methyl/N-ethyl adjacent to an activating group) is 1. The normalized spacial score (nSPS) is 10.2. The highest BCUT2D eigenvalue weighted by atomic mass is 35.5. The van der Waals surface area contributed by atoms with Crippen LogP contribution < -0.4 is 10.1 Å². The van der Waals surface area contributed by atoms with Gasteiger partial charge in [0.1, 0.15) is 12.4 Å². The second-order valence-electron chi connectivity index (χ2n) is 5.73. The number of hydrogen-bond acceptors (Lipinski definition) is 3. The summed E-state index contributed by atoms with van der Waals surface area (Å²) < 4.78 is 5.99. The van der Waals surface area contributed by atoms with Gasteiger partial charge in [-0.15, -0.1) is 24.8 Å². The molecule has 0 saturated heterocycles. The zero-order chi connectivity index (χ0) is 17.2. The minimum atomic E-state index is 0. The van der Waals surface area contributed by atoms with Crippen molar-refractivity contribution in [1.29, 1.82) is 0 Å². The maximum Gasteiger partial charge on any atom is 0.124 e. The van der Waals surface area contributed by atoms with Crippen molar-refractivity contribution >= 4 is 36.4 Å². The molecule has 0 aliphatic carbocycles.